The quantitative estimate of drug-likeness (QED) is 0.596. The van der Waals surface area contributed by atoms with Crippen molar-refractivity contribution in [1.82, 2.24) is 5.32 Å². The molecule has 0 aliphatic carbocycles. The molecule has 0 radical (unpaired) electrons. The monoisotopic (exact) mass is 505 g/mol. The number of carboxylic acid groups (broad SMARTS) is 1. The molecule has 0 aliphatic rings. The van der Waals surface area contributed by atoms with Gasteiger partial charge in [-0.25, -0.2) is 8.42 Å². The van der Waals surface area contributed by atoms with Crippen LogP contribution in [-0.2, 0) is 14.6 Å². The Kier molecular flexibility index (Phi) is 6.38. The van der Waals surface area contributed by atoms with Gasteiger partial charge in [-0.05, 0) is 66.0 Å². The van der Waals surface area contributed by atoms with E-state index < -0.39 is 23.2 Å². The van der Waals surface area contributed by atoms with Crippen molar-refractivity contribution in [2.75, 3.05) is 6.54 Å². The van der Waals surface area contributed by atoms with E-state index in [0.29, 0.717) is 0 Å². The van der Waals surface area contributed by atoms with Crippen LogP contribution in [0.3, 0.4) is 0 Å². The Balaban J connectivity index is 2.96. The van der Waals surface area contributed by atoms with Crippen molar-refractivity contribution in [3.05, 3.63) is 29.8 Å². The minimum Gasteiger partial charge on any atom is -0.481 e. The van der Waals surface area contributed by atoms with E-state index >= 15 is 0 Å². The van der Waals surface area contributed by atoms with E-state index in [9.17, 15) is 18.0 Å². The lowest BCUT2D eigenvalue weighted by Crippen LogP contribution is -2.26. The van der Waals surface area contributed by atoms with Gasteiger partial charge in [0.1, 0.15) is 0 Å². The minimum absolute atomic E-state index is 0.0373. The van der Waals surface area contributed by atoms with Crippen LogP contribution in [0.5, 0.6) is 0 Å². The van der Waals surface area contributed by atoms with E-state index in [2.05, 4.69) is 53.1 Å². The van der Waals surface area contributed by atoms with E-state index in [-0.39, 0.29) is 23.4 Å². The molecule has 2 N–H and O–H groups in total. The number of benzene rings is 1. The summed E-state index contributed by atoms with van der Waals surface area (Å²) in [5.74, 6) is -1.58. The first kappa shape index (κ1) is 18.6. The van der Waals surface area contributed by atoms with E-state index in [4.69, 9.17) is 5.11 Å². The molecule has 116 valence electrons. The molecule has 1 amide bonds. The van der Waals surface area contributed by atoms with Crippen molar-refractivity contribution >= 4 is 69.5 Å². The predicted molar refractivity (Wildman–Crippen MR) is 87.7 cm³/mol. The molecule has 6 nitrogen and oxygen atoms in total. The molecule has 1 rings (SSSR count). The Bertz CT molecular complexity index is 654. The lowest BCUT2D eigenvalue weighted by Gasteiger charge is -2.14. The second-order valence-corrected chi connectivity index (χ2v) is 14.3. The Labute approximate surface area is 146 Å². The first-order chi connectivity index (χ1) is 9.55. The van der Waals surface area contributed by atoms with Crippen LogP contribution in [0.15, 0.2) is 29.2 Å². The summed E-state index contributed by atoms with van der Waals surface area (Å²) >= 11 is 8.81. The number of alkyl halides is 3. The van der Waals surface area contributed by atoms with Gasteiger partial charge in [0.25, 0.3) is 5.91 Å². The van der Waals surface area contributed by atoms with Gasteiger partial charge < -0.3 is 10.4 Å². The van der Waals surface area contributed by atoms with Gasteiger partial charge in [0.15, 0.2) is 0 Å². The maximum Gasteiger partial charge on any atom is 0.305 e. The summed E-state index contributed by atoms with van der Waals surface area (Å²) in [7, 11) is -3.79. The zero-order valence-electron chi connectivity index (χ0n) is 10.3. The molecule has 1 aromatic rings. The molecule has 0 unspecified atom stereocenters. The molecule has 0 saturated carbocycles. The van der Waals surface area contributed by atoms with Crippen molar-refractivity contribution in [2.45, 2.75) is 12.8 Å². The standard InChI is InChI=1S/C11H10Br3NO5S/c12-11(13,14)21(19,20)8-3-1-2-7(6-8)10(18)15-5-4-9(16)17/h1-3,6H,4-5H2,(H,15,18)(H,16,17). The van der Waals surface area contributed by atoms with Gasteiger partial charge in [-0.1, -0.05) is 6.07 Å². The number of carbonyl (C=O) groups is 2. The third-order valence-corrected chi connectivity index (χ3v) is 7.66. The fourth-order valence-corrected chi connectivity index (χ4v) is 3.81. The van der Waals surface area contributed by atoms with Crippen LogP contribution >= 0.6 is 47.8 Å². The minimum atomic E-state index is -3.79. The Morgan fingerprint density at radius 3 is 2.38 bits per heavy atom. The molecule has 1 aromatic carbocycles. The fourth-order valence-electron chi connectivity index (χ4n) is 1.32. The third-order valence-electron chi connectivity index (χ3n) is 2.34. The molecule has 0 saturated heterocycles. The van der Waals surface area contributed by atoms with Crippen molar-refractivity contribution in [2.24, 2.45) is 0 Å². The van der Waals surface area contributed by atoms with Gasteiger partial charge in [-0.3, -0.25) is 9.59 Å². The molecule has 0 fully saturated rings. The second-order valence-electron chi connectivity index (χ2n) is 3.88. The topological polar surface area (TPSA) is 101 Å². The highest BCUT2D eigenvalue weighted by Crippen LogP contribution is 2.43. The van der Waals surface area contributed by atoms with Gasteiger partial charge >= 0.3 is 5.97 Å². The first-order valence-corrected chi connectivity index (χ1v) is 9.33. The van der Waals surface area contributed by atoms with E-state index in [1.54, 1.807) is 0 Å². The number of hydrogen-bond donors (Lipinski definition) is 2. The highest BCUT2D eigenvalue weighted by atomic mass is 80.0. The summed E-state index contributed by atoms with van der Waals surface area (Å²) in [4.78, 5) is 22.1. The Hall–Kier alpha value is -0.450. The third kappa shape index (κ3) is 5.04. The van der Waals surface area contributed by atoms with Crippen LogP contribution in [0.1, 0.15) is 16.8 Å². The molecular weight excluding hydrogens is 498 g/mol. The van der Waals surface area contributed by atoms with Crippen molar-refractivity contribution in [1.29, 1.82) is 0 Å². The van der Waals surface area contributed by atoms with Crippen LogP contribution in [0, 0.1) is 0 Å². The lowest BCUT2D eigenvalue weighted by molar-refractivity contribution is -0.136. The average molecular weight is 508 g/mol. The summed E-state index contributed by atoms with van der Waals surface area (Å²) in [6, 6.07) is 5.43. The number of aliphatic carboxylic acids is 1. The van der Waals surface area contributed by atoms with E-state index in [1.165, 1.54) is 24.3 Å². The van der Waals surface area contributed by atoms with Gasteiger partial charge in [-0.2, -0.15) is 0 Å². The zero-order chi connectivity index (χ0) is 16.3. The molecule has 21 heavy (non-hydrogen) atoms. The molecular formula is C11H10Br3NO5S. The largest absolute Gasteiger partial charge is 0.481 e. The number of sulfone groups is 1. The SMILES string of the molecule is O=C(O)CCNC(=O)c1cccc(S(=O)(=O)C(Br)(Br)Br)c1. The summed E-state index contributed by atoms with van der Waals surface area (Å²) < 4.78 is 22.8. The molecule has 0 atom stereocenters. The fraction of sp³-hybridized carbons (Fsp3) is 0.273. The predicted octanol–water partition coefficient (Wildman–Crippen LogP) is 2.46. The van der Waals surface area contributed by atoms with Crippen LogP contribution in [-0.4, -0.2) is 33.4 Å². The summed E-state index contributed by atoms with van der Waals surface area (Å²) in [6.07, 6.45) is -0.211. The van der Waals surface area contributed by atoms with Crippen LogP contribution in [0.25, 0.3) is 0 Å². The molecule has 0 spiro atoms. The maximum absolute atomic E-state index is 12.2. The van der Waals surface area contributed by atoms with E-state index in [1.807, 2.05) is 0 Å². The first-order valence-electron chi connectivity index (χ1n) is 5.47. The van der Waals surface area contributed by atoms with Gasteiger partial charge in [0.05, 0.1) is 11.3 Å². The number of rotatable bonds is 5. The van der Waals surface area contributed by atoms with Gasteiger partial charge in [0, 0.05) is 12.1 Å². The Morgan fingerprint density at radius 1 is 1.24 bits per heavy atom. The molecule has 0 bridgehead atoms. The number of hydrogen-bond acceptors (Lipinski definition) is 4. The highest BCUT2D eigenvalue weighted by Gasteiger charge is 2.37. The van der Waals surface area contributed by atoms with Crippen LogP contribution in [0.4, 0.5) is 0 Å². The van der Waals surface area contributed by atoms with Crippen LogP contribution in [0.2, 0.25) is 0 Å². The Morgan fingerprint density at radius 2 is 1.86 bits per heavy atom. The van der Waals surface area contributed by atoms with Gasteiger partial charge in [-0.15, -0.1) is 0 Å². The summed E-state index contributed by atoms with van der Waals surface area (Å²) in [5, 5.41) is 10.9. The number of amides is 1. The molecule has 10 heteroatoms. The highest BCUT2D eigenvalue weighted by molar-refractivity contribution is 9.42. The molecule has 0 aliphatic heterocycles. The summed E-state index contributed by atoms with van der Waals surface area (Å²) in [5.41, 5.74) is 0.123. The van der Waals surface area contributed by atoms with Crippen LogP contribution < -0.4 is 5.32 Å². The number of nitrogens with one attached hydrogen (secondary N) is 1. The normalized spacial score (nSPS) is 12.0. The number of carbonyl (C=O) groups excluding carboxylic acids is 1. The van der Waals surface area contributed by atoms with Crippen molar-refractivity contribution in [3.63, 3.8) is 0 Å². The number of halogens is 3. The second kappa shape index (κ2) is 7.21. The number of carboxylic acids is 1. The summed E-state index contributed by atoms with van der Waals surface area (Å²) in [6.45, 7) is -0.0373. The maximum atomic E-state index is 12.2. The van der Waals surface area contributed by atoms with Gasteiger partial charge in [0.2, 0.25) is 11.3 Å². The van der Waals surface area contributed by atoms with Crippen molar-refractivity contribution < 1.29 is 23.1 Å². The lowest BCUT2D eigenvalue weighted by atomic mass is 10.2. The molecule has 0 heterocycles. The van der Waals surface area contributed by atoms with Crippen molar-refractivity contribution in [3.8, 4) is 0 Å². The average Bonchev–Trinajstić information content (AvgIpc) is 2.37. The smallest absolute Gasteiger partial charge is 0.305 e. The van der Waals surface area contributed by atoms with E-state index in [0.717, 1.165) is 0 Å². The zero-order valence-corrected chi connectivity index (χ0v) is 15.9. The molecule has 0 aromatic heterocycles.